The Balaban J connectivity index is 2.06. The number of nitrogens with zero attached hydrogens (tertiary/aromatic N) is 1. The van der Waals surface area contributed by atoms with Crippen LogP contribution in [0.5, 0.6) is 0 Å². The molecule has 23 heavy (non-hydrogen) atoms. The van der Waals surface area contributed by atoms with Gasteiger partial charge < -0.3 is 15.2 Å². The van der Waals surface area contributed by atoms with Crippen molar-refractivity contribution in [2.75, 3.05) is 12.4 Å². The van der Waals surface area contributed by atoms with Gasteiger partial charge in [0.05, 0.1) is 21.8 Å². The lowest BCUT2D eigenvalue weighted by Crippen LogP contribution is -2.19. The molecule has 0 saturated heterocycles. The van der Waals surface area contributed by atoms with Crippen LogP contribution in [0.2, 0.25) is 0 Å². The molecule has 2 N–H and O–H groups in total. The average Bonchev–Trinajstić information content (AvgIpc) is 2.96. The molecule has 1 aliphatic rings. The van der Waals surface area contributed by atoms with Gasteiger partial charge in [0.15, 0.2) is 0 Å². The molecule has 0 radical (unpaired) electrons. The van der Waals surface area contributed by atoms with Gasteiger partial charge >= 0.3 is 5.97 Å². The number of carbonyl (C=O) groups is 1. The summed E-state index contributed by atoms with van der Waals surface area (Å²) in [5.41, 5.74) is 0.973. The van der Waals surface area contributed by atoms with Gasteiger partial charge in [0.25, 0.3) is 0 Å². The van der Waals surface area contributed by atoms with E-state index in [9.17, 15) is 14.3 Å². The van der Waals surface area contributed by atoms with Crippen LogP contribution in [0.15, 0.2) is 22.8 Å². The van der Waals surface area contributed by atoms with Crippen molar-refractivity contribution < 1.29 is 19.0 Å². The average molecular weight is 383 g/mol. The molecule has 0 amide bonds. The third-order valence-electron chi connectivity index (χ3n) is 4.21. The maximum absolute atomic E-state index is 13.7. The van der Waals surface area contributed by atoms with E-state index in [-0.39, 0.29) is 22.2 Å². The van der Waals surface area contributed by atoms with Gasteiger partial charge in [0.1, 0.15) is 11.4 Å². The number of fused-ring (bicyclic) bond motifs is 1. The number of hydrogen-bond donors (Lipinski definition) is 2. The van der Waals surface area contributed by atoms with E-state index in [0.717, 1.165) is 19.3 Å². The number of benzene rings is 1. The van der Waals surface area contributed by atoms with E-state index in [1.54, 1.807) is 13.2 Å². The first kappa shape index (κ1) is 16.1. The smallest absolute Gasteiger partial charge is 0.339 e. The molecular weight excluding hydrogens is 367 g/mol. The summed E-state index contributed by atoms with van der Waals surface area (Å²) in [5.74, 6) is -1.50. The molecule has 0 aliphatic heterocycles. The fraction of sp³-hybridized carbons (Fsp3) is 0.375. The maximum atomic E-state index is 13.7. The van der Waals surface area contributed by atoms with Gasteiger partial charge in [0, 0.05) is 30.8 Å². The molecule has 1 aromatic heterocycles. The minimum Gasteiger partial charge on any atom is -0.478 e. The van der Waals surface area contributed by atoms with E-state index in [1.165, 1.54) is 12.3 Å². The first-order valence-corrected chi connectivity index (χ1v) is 8.09. The van der Waals surface area contributed by atoms with Crippen molar-refractivity contribution in [3.8, 4) is 0 Å². The van der Waals surface area contributed by atoms with Crippen LogP contribution in [0.25, 0.3) is 10.9 Å². The number of hydrogen-bond acceptors (Lipinski definition) is 4. The highest BCUT2D eigenvalue weighted by Gasteiger charge is 2.26. The molecule has 0 bridgehead atoms. The maximum Gasteiger partial charge on any atom is 0.339 e. The van der Waals surface area contributed by atoms with Gasteiger partial charge in [-0.15, -0.1) is 0 Å². The Labute approximate surface area is 141 Å². The van der Waals surface area contributed by atoms with Crippen LogP contribution in [0.4, 0.5) is 10.1 Å². The Morgan fingerprint density at radius 1 is 1.48 bits per heavy atom. The zero-order valence-corrected chi connectivity index (χ0v) is 14.1. The predicted molar refractivity (Wildman–Crippen MR) is 88.4 cm³/mol. The van der Waals surface area contributed by atoms with Crippen LogP contribution >= 0.6 is 15.9 Å². The lowest BCUT2D eigenvalue weighted by Gasteiger charge is -2.18. The van der Waals surface area contributed by atoms with Crippen molar-refractivity contribution in [3.05, 3.63) is 34.2 Å². The van der Waals surface area contributed by atoms with Crippen molar-refractivity contribution in [3.63, 3.8) is 0 Å². The molecule has 1 aromatic carbocycles. The number of ether oxygens (including phenoxy) is 1. The van der Waals surface area contributed by atoms with E-state index in [4.69, 9.17) is 4.74 Å². The summed E-state index contributed by atoms with van der Waals surface area (Å²) in [6.45, 7) is 0. The number of nitrogens with one attached hydrogen (secondary N) is 1. The number of methoxy groups -OCH3 is 1. The first-order valence-electron chi connectivity index (χ1n) is 7.30. The monoisotopic (exact) mass is 382 g/mol. The Hall–Kier alpha value is -1.73. The topological polar surface area (TPSA) is 71.5 Å². The van der Waals surface area contributed by atoms with Crippen LogP contribution in [-0.2, 0) is 4.74 Å². The third kappa shape index (κ3) is 3.16. The summed E-state index contributed by atoms with van der Waals surface area (Å²) in [7, 11) is 1.68. The molecular formula is C16H16BrFN2O3. The van der Waals surface area contributed by atoms with E-state index in [0.29, 0.717) is 16.6 Å². The van der Waals surface area contributed by atoms with Gasteiger partial charge in [-0.3, -0.25) is 4.98 Å². The minimum atomic E-state index is -1.07. The summed E-state index contributed by atoms with van der Waals surface area (Å²) in [6.07, 6.45) is 4.07. The van der Waals surface area contributed by atoms with Gasteiger partial charge in [0.2, 0.25) is 0 Å². The highest BCUT2D eigenvalue weighted by Crippen LogP contribution is 2.33. The van der Waals surface area contributed by atoms with Crippen molar-refractivity contribution in [2.45, 2.75) is 31.4 Å². The molecule has 1 unspecified atom stereocenters. The lowest BCUT2D eigenvalue weighted by molar-refractivity contribution is 0.0697. The molecule has 1 saturated carbocycles. The molecule has 2 atom stereocenters. The number of rotatable bonds is 4. The van der Waals surface area contributed by atoms with Crippen LogP contribution < -0.4 is 5.32 Å². The second-order valence-corrected chi connectivity index (χ2v) is 6.50. The highest BCUT2D eigenvalue weighted by atomic mass is 79.9. The zero-order chi connectivity index (χ0) is 16.6. The normalized spacial score (nSPS) is 20.8. The van der Waals surface area contributed by atoms with Gasteiger partial charge in [-0.1, -0.05) is 0 Å². The number of halogens is 2. The number of pyridine rings is 1. The molecule has 2 aromatic rings. The molecule has 5 nitrogen and oxygen atoms in total. The molecule has 1 aliphatic carbocycles. The summed E-state index contributed by atoms with van der Waals surface area (Å²) in [6, 6.07) is 2.98. The van der Waals surface area contributed by atoms with Crippen molar-refractivity contribution in [2.24, 2.45) is 0 Å². The number of anilines is 1. The molecule has 7 heteroatoms. The van der Waals surface area contributed by atoms with Crippen molar-refractivity contribution in [1.29, 1.82) is 0 Å². The molecule has 3 rings (SSSR count). The Morgan fingerprint density at radius 2 is 2.26 bits per heavy atom. The van der Waals surface area contributed by atoms with Gasteiger partial charge in [-0.25, -0.2) is 9.18 Å². The Bertz CT molecular complexity index is 769. The Kier molecular flexibility index (Phi) is 4.50. The standard InChI is InChI=1S/C16H16BrFN2O3/c1-23-9-3-2-8(4-9)20-15-10-5-12(17)13(18)6-14(10)19-7-11(15)16(21)22/h5-9H,2-4H2,1H3,(H,19,20)(H,21,22)/t8-,9?/m1/s1. The number of carboxylic acids is 1. The molecule has 1 heterocycles. The highest BCUT2D eigenvalue weighted by molar-refractivity contribution is 9.10. The van der Waals surface area contributed by atoms with E-state index in [1.807, 2.05) is 0 Å². The molecule has 1 fully saturated rings. The summed E-state index contributed by atoms with van der Waals surface area (Å²) in [5, 5.41) is 13.3. The first-order chi connectivity index (χ1) is 11.0. The predicted octanol–water partition coefficient (Wildman–Crippen LogP) is 3.81. The second kappa shape index (κ2) is 6.41. The second-order valence-electron chi connectivity index (χ2n) is 5.65. The van der Waals surface area contributed by atoms with Gasteiger partial charge in [-0.05, 0) is 41.3 Å². The quantitative estimate of drug-likeness (QED) is 0.840. The molecule has 122 valence electrons. The van der Waals surface area contributed by atoms with Crippen molar-refractivity contribution >= 4 is 38.5 Å². The minimum absolute atomic E-state index is 0.0804. The van der Waals surface area contributed by atoms with Crippen LogP contribution in [0.3, 0.4) is 0 Å². The van der Waals surface area contributed by atoms with Crippen LogP contribution in [0, 0.1) is 5.82 Å². The SMILES string of the molecule is COC1CC[C@@H](Nc2c(C(=O)O)cnc3cc(F)c(Br)cc23)C1. The summed E-state index contributed by atoms with van der Waals surface area (Å²) >= 11 is 3.15. The third-order valence-corrected chi connectivity index (χ3v) is 4.81. The largest absolute Gasteiger partial charge is 0.478 e. The lowest BCUT2D eigenvalue weighted by atomic mass is 10.1. The number of aromatic nitrogens is 1. The van der Waals surface area contributed by atoms with E-state index < -0.39 is 11.8 Å². The summed E-state index contributed by atoms with van der Waals surface area (Å²) < 4.78 is 19.3. The fourth-order valence-electron chi connectivity index (χ4n) is 2.99. The van der Waals surface area contributed by atoms with Gasteiger partial charge in [-0.2, -0.15) is 0 Å². The van der Waals surface area contributed by atoms with Crippen LogP contribution in [0.1, 0.15) is 29.6 Å². The van der Waals surface area contributed by atoms with Crippen molar-refractivity contribution in [1.82, 2.24) is 4.98 Å². The zero-order valence-electron chi connectivity index (χ0n) is 12.5. The number of carboxylic acid groups (broad SMARTS) is 1. The summed E-state index contributed by atoms with van der Waals surface area (Å²) in [4.78, 5) is 15.6. The molecule has 0 spiro atoms. The fourth-order valence-corrected chi connectivity index (χ4v) is 3.34. The van der Waals surface area contributed by atoms with E-state index in [2.05, 4.69) is 26.2 Å². The Morgan fingerprint density at radius 3 is 2.91 bits per heavy atom. The number of aromatic carboxylic acids is 1. The van der Waals surface area contributed by atoms with Crippen LogP contribution in [-0.4, -0.2) is 35.3 Å². The van der Waals surface area contributed by atoms with E-state index >= 15 is 0 Å².